The van der Waals surface area contributed by atoms with Crippen LogP contribution < -0.4 is 4.89 Å². The molecule has 0 aromatic heterocycles. The number of aliphatic hydroxyl groups excluding tert-OH is 1. The highest BCUT2D eigenvalue weighted by atomic mass is 17.2. The van der Waals surface area contributed by atoms with E-state index in [1.165, 1.54) is 0 Å². The molecule has 0 unspecified atom stereocenters. The summed E-state index contributed by atoms with van der Waals surface area (Å²) in [5, 5.41) is 8.77. The van der Waals surface area contributed by atoms with Crippen molar-refractivity contribution < 1.29 is 14.9 Å². The summed E-state index contributed by atoms with van der Waals surface area (Å²) in [4.78, 5) is 9.84. The summed E-state index contributed by atoms with van der Waals surface area (Å²) in [6.07, 6.45) is 1.59. The Hall–Kier alpha value is -1.06. The Kier molecular flexibility index (Phi) is 2.47. The van der Waals surface area contributed by atoms with Crippen LogP contribution in [0.25, 0.3) is 0 Å². The molecule has 0 spiro atoms. The summed E-state index contributed by atoms with van der Waals surface area (Å²) in [7, 11) is 0. The van der Waals surface area contributed by atoms with Gasteiger partial charge >= 0.3 is 0 Å². The minimum absolute atomic E-state index is 0.191. The molecule has 1 aliphatic heterocycles. The third-order valence-electron chi connectivity index (χ3n) is 2.13. The van der Waals surface area contributed by atoms with Crippen molar-refractivity contribution in [3.05, 3.63) is 29.3 Å². The van der Waals surface area contributed by atoms with Crippen molar-refractivity contribution in [1.29, 1.82) is 0 Å². The van der Waals surface area contributed by atoms with Gasteiger partial charge in [0.15, 0.2) is 5.75 Å². The minimum atomic E-state index is 0.191. The quantitative estimate of drug-likeness (QED) is 0.692. The second-order valence-corrected chi connectivity index (χ2v) is 3.07. The van der Waals surface area contributed by atoms with Crippen LogP contribution in [0.2, 0.25) is 0 Å². The summed E-state index contributed by atoms with van der Waals surface area (Å²) in [6, 6.07) is 5.90. The molecule has 3 heteroatoms. The van der Waals surface area contributed by atoms with Crippen LogP contribution in [0.3, 0.4) is 0 Å². The van der Waals surface area contributed by atoms with Crippen LogP contribution in [-0.4, -0.2) is 18.3 Å². The molecule has 0 atom stereocenters. The van der Waals surface area contributed by atoms with Gasteiger partial charge in [0.2, 0.25) is 0 Å². The number of benzene rings is 1. The number of hydrogen-bond donors (Lipinski definition) is 1. The van der Waals surface area contributed by atoms with Gasteiger partial charge in [-0.15, -0.1) is 0 Å². The van der Waals surface area contributed by atoms with Crippen molar-refractivity contribution in [2.75, 3.05) is 13.2 Å². The van der Waals surface area contributed by atoms with Gasteiger partial charge in [0.1, 0.15) is 0 Å². The van der Waals surface area contributed by atoms with Crippen LogP contribution >= 0.6 is 0 Å². The zero-order chi connectivity index (χ0) is 9.10. The van der Waals surface area contributed by atoms with Gasteiger partial charge in [0.05, 0.1) is 6.61 Å². The normalized spacial score (nSPS) is 14.8. The number of fused-ring (bicyclic) bond motifs is 1. The molecule has 0 fully saturated rings. The highest BCUT2D eigenvalue weighted by molar-refractivity contribution is 5.37. The van der Waals surface area contributed by atoms with Crippen molar-refractivity contribution in [3.8, 4) is 5.75 Å². The summed E-state index contributed by atoms with van der Waals surface area (Å²) in [6.45, 7) is 0.797. The van der Waals surface area contributed by atoms with Crippen LogP contribution in [-0.2, 0) is 17.7 Å². The Labute approximate surface area is 76.8 Å². The molecule has 2 rings (SSSR count). The van der Waals surface area contributed by atoms with Crippen molar-refractivity contribution in [2.45, 2.75) is 12.8 Å². The second-order valence-electron chi connectivity index (χ2n) is 3.07. The summed E-state index contributed by atoms with van der Waals surface area (Å²) < 4.78 is 0. The van der Waals surface area contributed by atoms with E-state index < -0.39 is 0 Å². The van der Waals surface area contributed by atoms with E-state index >= 15 is 0 Å². The third-order valence-corrected chi connectivity index (χ3v) is 2.13. The maximum Gasteiger partial charge on any atom is 0.168 e. The number of rotatable bonds is 2. The van der Waals surface area contributed by atoms with Crippen LogP contribution in [0.5, 0.6) is 5.75 Å². The Morgan fingerprint density at radius 3 is 3.15 bits per heavy atom. The zero-order valence-electron chi connectivity index (χ0n) is 7.32. The van der Waals surface area contributed by atoms with Gasteiger partial charge < -0.3 is 9.99 Å². The van der Waals surface area contributed by atoms with Crippen LogP contribution in [0.1, 0.15) is 11.1 Å². The van der Waals surface area contributed by atoms with Gasteiger partial charge in [0, 0.05) is 18.6 Å². The highest BCUT2D eigenvalue weighted by Gasteiger charge is 2.11. The molecule has 0 amide bonds. The second kappa shape index (κ2) is 3.77. The molecule has 1 aromatic rings. The fourth-order valence-electron chi connectivity index (χ4n) is 1.45. The van der Waals surface area contributed by atoms with E-state index in [0.717, 1.165) is 23.3 Å². The lowest BCUT2D eigenvalue weighted by Crippen LogP contribution is -2.11. The largest absolute Gasteiger partial charge is 0.396 e. The topological polar surface area (TPSA) is 38.7 Å². The van der Waals surface area contributed by atoms with Gasteiger partial charge in [-0.05, 0) is 18.1 Å². The van der Waals surface area contributed by atoms with Crippen molar-refractivity contribution >= 4 is 0 Å². The molecule has 1 N–H and O–H groups in total. The van der Waals surface area contributed by atoms with E-state index in [2.05, 4.69) is 6.07 Å². The Morgan fingerprint density at radius 1 is 1.38 bits per heavy atom. The van der Waals surface area contributed by atoms with E-state index in [1.54, 1.807) is 0 Å². The van der Waals surface area contributed by atoms with E-state index in [1.807, 2.05) is 12.1 Å². The van der Waals surface area contributed by atoms with Crippen molar-refractivity contribution in [1.82, 2.24) is 0 Å². The highest BCUT2D eigenvalue weighted by Crippen LogP contribution is 2.24. The smallest absolute Gasteiger partial charge is 0.168 e. The molecule has 3 nitrogen and oxygen atoms in total. The first-order valence-corrected chi connectivity index (χ1v) is 4.42. The standard InChI is InChI=1S/C10H12O3/c11-5-3-8-1-2-10-9(7-8)4-6-12-13-10/h1-2,7,11H,3-6H2. The monoisotopic (exact) mass is 180 g/mol. The van der Waals surface area contributed by atoms with Crippen LogP contribution in [0.4, 0.5) is 0 Å². The first kappa shape index (κ1) is 8.53. The molecular formula is C10H12O3. The summed E-state index contributed by atoms with van der Waals surface area (Å²) >= 11 is 0. The maximum atomic E-state index is 8.77. The average molecular weight is 180 g/mol. The molecule has 1 aromatic carbocycles. The Bertz CT molecular complexity index is 296. The molecule has 0 aliphatic carbocycles. The number of hydrogen-bond acceptors (Lipinski definition) is 3. The van der Waals surface area contributed by atoms with Gasteiger partial charge in [-0.25, -0.2) is 0 Å². The molecule has 1 heterocycles. The molecule has 0 saturated carbocycles. The van der Waals surface area contributed by atoms with E-state index in [4.69, 9.17) is 14.9 Å². The third kappa shape index (κ3) is 1.82. The van der Waals surface area contributed by atoms with Crippen LogP contribution in [0.15, 0.2) is 18.2 Å². The van der Waals surface area contributed by atoms with Crippen LogP contribution in [0, 0.1) is 0 Å². The summed E-state index contributed by atoms with van der Waals surface area (Å²) in [5.41, 5.74) is 2.31. The van der Waals surface area contributed by atoms with Crippen molar-refractivity contribution in [2.24, 2.45) is 0 Å². The molecular weight excluding hydrogens is 168 g/mol. The fraction of sp³-hybridized carbons (Fsp3) is 0.400. The van der Waals surface area contributed by atoms with E-state index in [-0.39, 0.29) is 6.61 Å². The van der Waals surface area contributed by atoms with Gasteiger partial charge in [-0.1, -0.05) is 12.1 Å². The predicted molar refractivity (Wildman–Crippen MR) is 47.5 cm³/mol. The minimum Gasteiger partial charge on any atom is -0.396 e. The first-order chi connectivity index (χ1) is 6.40. The van der Waals surface area contributed by atoms with Crippen molar-refractivity contribution in [3.63, 3.8) is 0 Å². The van der Waals surface area contributed by atoms with E-state index in [0.29, 0.717) is 13.0 Å². The molecule has 13 heavy (non-hydrogen) atoms. The number of aliphatic hydroxyl groups is 1. The Balaban J connectivity index is 2.24. The first-order valence-electron chi connectivity index (χ1n) is 4.42. The van der Waals surface area contributed by atoms with Gasteiger partial charge in [-0.3, -0.25) is 0 Å². The van der Waals surface area contributed by atoms with Gasteiger partial charge in [-0.2, -0.15) is 4.89 Å². The zero-order valence-corrected chi connectivity index (χ0v) is 7.32. The SMILES string of the molecule is OCCc1ccc2c(c1)CCOO2. The molecule has 0 bridgehead atoms. The lowest BCUT2D eigenvalue weighted by Gasteiger charge is -2.15. The predicted octanol–water partition coefficient (Wildman–Crippen LogP) is 1.09. The lowest BCUT2D eigenvalue weighted by atomic mass is 10.1. The molecule has 1 aliphatic rings. The molecule has 70 valence electrons. The average Bonchev–Trinajstić information content (AvgIpc) is 2.18. The maximum absolute atomic E-state index is 8.77. The van der Waals surface area contributed by atoms with Gasteiger partial charge in [0.25, 0.3) is 0 Å². The molecule has 0 radical (unpaired) electrons. The fourth-order valence-corrected chi connectivity index (χ4v) is 1.45. The summed E-state index contributed by atoms with van der Waals surface area (Å²) in [5.74, 6) is 0.799. The molecule has 0 saturated heterocycles. The van der Waals surface area contributed by atoms with E-state index in [9.17, 15) is 0 Å². The lowest BCUT2D eigenvalue weighted by molar-refractivity contribution is -0.215. The Morgan fingerprint density at radius 2 is 2.31 bits per heavy atom.